The summed E-state index contributed by atoms with van der Waals surface area (Å²) < 4.78 is 6.64. The van der Waals surface area contributed by atoms with Gasteiger partial charge in [-0.15, -0.1) is 0 Å². The van der Waals surface area contributed by atoms with E-state index in [1.807, 2.05) is 39.0 Å². The number of halogens is 1. The molecule has 3 nitrogen and oxygen atoms in total. The monoisotopic (exact) mass is 327 g/mol. The summed E-state index contributed by atoms with van der Waals surface area (Å²) in [6.45, 7) is 10.1. The van der Waals surface area contributed by atoms with Crippen molar-refractivity contribution in [1.29, 1.82) is 0 Å². The summed E-state index contributed by atoms with van der Waals surface area (Å²) in [4.78, 5) is 11.7. The van der Waals surface area contributed by atoms with Crippen LogP contribution in [0.15, 0.2) is 22.7 Å². The van der Waals surface area contributed by atoms with Gasteiger partial charge >= 0.3 is 0 Å². The minimum atomic E-state index is -0.235. The van der Waals surface area contributed by atoms with Gasteiger partial charge in [0.15, 0.2) is 6.61 Å². The molecule has 0 aliphatic heterocycles. The van der Waals surface area contributed by atoms with Gasteiger partial charge in [0.2, 0.25) is 0 Å². The summed E-state index contributed by atoms with van der Waals surface area (Å²) in [5, 5.41) is 2.88. The Morgan fingerprint density at radius 2 is 2.00 bits per heavy atom. The van der Waals surface area contributed by atoms with E-state index in [1.54, 1.807) is 0 Å². The van der Waals surface area contributed by atoms with Crippen LogP contribution in [-0.2, 0) is 4.79 Å². The lowest BCUT2D eigenvalue weighted by Crippen LogP contribution is -2.43. The molecule has 1 amide bonds. The summed E-state index contributed by atoms with van der Waals surface area (Å²) in [6.07, 6.45) is 0. The van der Waals surface area contributed by atoms with Gasteiger partial charge in [-0.1, -0.05) is 29.8 Å². The average molecular weight is 328 g/mol. The van der Waals surface area contributed by atoms with Crippen molar-refractivity contribution < 1.29 is 9.53 Å². The maximum atomic E-state index is 11.7. The van der Waals surface area contributed by atoms with Crippen LogP contribution in [0.3, 0.4) is 0 Å². The lowest BCUT2D eigenvalue weighted by atomic mass is 10.0. The second-order valence-electron chi connectivity index (χ2n) is 5.92. The highest BCUT2D eigenvalue weighted by atomic mass is 79.9. The Morgan fingerprint density at radius 1 is 1.37 bits per heavy atom. The Morgan fingerprint density at radius 3 is 2.53 bits per heavy atom. The quantitative estimate of drug-likeness (QED) is 0.911. The first-order chi connectivity index (χ1) is 8.69. The lowest BCUT2D eigenvalue weighted by molar-refractivity contribution is -0.124. The van der Waals surface area contributed by atoms with Crippen molar-refractivity contribution in [2.45, 2.75) is 46.1 Å². The molecule has 19 heavy (non-hydrogen) atoms. The minimum Gasteiger partial charge on any atom is -0.483 e. The maximum Gasteiger partial charge on any atom is 0.258 e. The van der Waals surface area contributed by atoms with Crippen LogP contribution in [0.1, 0.15) is 46.1 Å². The van der Waals surface area contributed by atoms with Crippen LogP contribution in [0.4, 0.5) is 0 Å². The molecule has 0 radical (unpaired) electrons. The molecule has 1 aromatic rings. The molecule has 0 saturated heterocycles. The zero-order chi connectivity index (χ0) is 14.6. The highest BCUT2D eigenvalue weighted by molar-refractivity contribution is 9.10. The number of hydrogen-bond donors (Lipinski definition) is 1. The third-order valence-electron chi connectivity index (χ3n) is 2.47. The van der Waals surface area contributed by atoms with Crippen molar-refractivity contribution >= 4 is 21.8 Å². The molecule has 0 spiro atoms. The number of carbonyl (C=O) groups is 1. The van der Waals surface area contributed by atoms with Gasteiger partial charge in [-0.2, -0.15) is 0 Å². The molecular formula is C15H22BrNO2. The molecule has 0 bridgehead atoms. The molecule has 0 unspecified atom stereocenters. The molecule has 4 heteroatoms. The molecule has 1 rings (SSSR count). The van der Waals surface area contributed by atoms with Crippen LogP contribution in [0, 0.1) is 0 Å². The van der Waals surface area contributed by atoms with Crippen molar-refractivity contribution in [2.75, 3.05) is 6.61 Å². The second kappa shape index (κ2) is 6.42. The SMILES string of the molecule is CC(C)c1cc(Br)ccc1OCC(=O)NC(C)(C)C. The number of carbonyl (C=O) groups excluding carboxylic acids is 1. The summed E-state index contributed by atoms with van der Waals surface area (Å²) >= 11 is 3.45. The van der Waals surface area contributed by atoms with Gasteiger partial charge in [0.05, 0.1) is 0 Å². The van der Waals surface area contributed by atoms with Gasteiger partial charge in [-0.3, -0.25) is 4.79 Å². The zero-order valence-electron chi connectivity index (χ0n) is 12.2. The molecule has 0 fully saturated rings. The molecule has 0 saturated carbocycles. The third kappa shape index (κ3) is 5.64. The number of hydrogen-bond acceptors (Lipinski definition) is 2. The molecule has 0 atom stereocenters. The first-order valence-corrected chi connectivity index (χ1v) is 7.21. The highest BCUT2D eigenvalue weighted by Crippen LogP contribution is 2.29. The van der Waals surface area contributed by atoms with E-state index in [0.717, 1.165) is 15.8 Å². The Labute approximate surface area is 123 Å². The number of rotatable bonds is 4. The van der Waals surface area contributed by atoms with Gasteiger partial charge in [0, 0.05) is 10.0 Å². The Balaban J connectivity index is 2.70. The van der Waals surface area contributed by atoms with Crippen LogP contribution in [0.5, 0.6) is 5.75 Å². The Bertz CT molecular complexity index is 450. The molecule has 0 heterocycles. The third-order valence-corrected chi connectivity index (χ3v) is 2.96. The molecular weight excluding hydrogens is 306 g/mol. The van der Waals surface area contributed by atoms with E-state index in [4.69, 9.17) is 4.74 Å². The predicted molar refractivity (Wildman–Crippen MR) is 81.6 cm³/mol. The van der Waals surface area contributed by atoms with E-state index >= 15 is 0 Å². The summed E-state index contributed by atoms with van der Waals surface area (Å²) in [7, 11) is 0. The lowest BCUT2D eigenvalue weighted by Gasteiger charge is -2.21. The van der Waals surface area contributed by atoms with Gasteiger partial charge in [-0.05, 0) is 50.5 Å². The largest absolute Gasteiger partial charge is 0.483 e. The van der Waals surface area contributed by atoms with Crippen LogP contribution in [0.2, 0.25) is 0 Å². The van der Waals surface area contributed by atoms with Crippen LogP contribution < -0.4 is 10.1 Å². The fraction of sp³-hybridized carbons (Fsp3) is 0.533. The highest BCUT2D eigenvalue weighted by Gasteiger charge is 2.15. The van der Waals surface area contributed by atoms with E-state index in [9.17, 15) is 4.79 Å². The number of benzene rings is 1. The van der Waals surface area contributed by atoms with E-state index in [0.29, 0.717) is 5.92 Å². The van der Waals surface area contributed by atoms with Crippen LogP contribution in [-0.4, -0.2) is 18.1 Å². The van der Waals surface area contributed by atoms with Crippen molar-refractivity contribution in [2.24, 2.45) is 0 Å². The minimum absolute atomic E-state index is 0.0403. The standard InChI is InChI=1S/C15H22BrNO2/c1-10(2)12-8-11(16)6-7-13(12)19-9-14(18)17-15(3,4)5/h6-8,10H,9H2,1-5H3,(H,17,18). The van der Waals surface area contributed by atoms with Gasteiger partial charge < -0.3 is 10.1 Å². The number of ether oxygens (including phenoxy) is 1. The van der Waals surface area contributed by atoms with Crippen LogP contribution in [0.25, 0.3) is 0 Å². The summed E-state index contributed by atoms with van der Waals surface area (Å²) in [6, 6.07) is 5.84. The van der Waals surface area contributed by atoms with E-state index in [-0.39, 0.29) is 18.1 Å². The van der Waals surface area contributed by atoms with Crippen molar-refractivity contribution in [3.63, 3.8) is 0 Å². The van der Waals surface area contributed by atoms with Gasteiger partial charge in [0.1, 0.15) is 5.75 Å². The molecule has 0 aromatic heterocycles. The van der Waals surface area contributed by atoms with Crippen molar-refractivity contribution in [3.8, 4) is 5.75 Å². The second-order valence-corrected chi connectivity index (χ2v) is 6.84. The van der Waals surface area contributed by atoms with E-state index in [1.165, 1.54) is 0 Å². The maximum absolute atomic E-state index is 11.7. The smallest absolute Gasteiger partial charge is 0.258 e. The molecule has 0 aliphatic rings. The van der Waals surface area contributed by atoms with Gasteiger partial charge in [-0.25, -0.2) is 0 Å². The van der Waals surface area contributed by atoms with Crippen molar-refractivity contribution in [1.82, 2.24) is 5.32 Å². The first kappa shape index (κ1) is 16.0. The molecule has 106 valence electrons. The molecule has 1 N–H and O–H groups in total. The molecule has 0 aliphatic carbocycles. The zero-order valence-corrected chi connectivity index (χ0v) is 13.8. The van der Waals surface area contributed by atoms with Crippen molar-refractivity contribution in [3.05, 3.63) is 28.2 Å². The fourth-order valence-electron chi connectivity index (χ4n) is 1.70. The summed E-state index contributed by atoms with van der Waals surface area (Å²) in [5.74, 6) is 1.01. The van der Waals surface area contributed by atoms with E-state index in [2.05, 4.69) is 35.1 Å². The first-order valence-electron chi connectivity index (χ1n) is 6.42. The fourth-order valence-corrected chi connectivity index (χ4v) is 2.08. The summed E-state index contributed by atoms with van der Waals surface area (Å²) in [5.41, 5.74) is 0.860. The normalized spacial score (nSPS) is 11.5. The Kier molecular flexibility index (Phi) is 5.41. The Hall–Kier alpha value is -1.03. The topological polar surface area (TPSA) is 38.3 Å². The predicted octanol–water partition coefficient (Wildman–Crippen LogP) is 3.87. The average Bonchev–Trinajstić information content (AvgIpc) is 2.24. The number of nitrogens with one attached hydrogen (secondary N) is 1. The van der Waals surface area contributed by atoms with E-state index < -0.39 is 0 Å². The van der Waals surface area contributed by atoms with Gasteiger partial charge in [0.25, 0.3) is 5.91 Å². The molecule has 1 aromatic carbocycles. The van der Waals surface area contributed by atoms with Crippen LogP contribution >= 0.6 is 15.9 Å². The number of amides is 1.